The average Bonchev–Trinajstić information content (AvgIpc) is 2.76. The lowest BCUT2D eigenvalue weighted by Crippen LogP contribution is -1.99. The minimum atomic E-state index is -0.106. The molecular formula is C12H8BrNO2. The van der Waals surface area contributed by atoms with Crippen molar-refractivity contribution >= 4 is 28.0 Å². The zero-order valence-electron chi connectivity index (χ0n) is 8.24. The van der Waals surface area contributed by atoms with Crippen LogP contribution < -0.4 is 0 Å². The van der Waals surface area contributed by atoms with Gasteiger partial charge < -0.3 is 4.98 Å². The Morgan fingerprint density at radius 3 is 2.69 bits per heavy atom. The van der Waals surface area contributed by atoms with Crippen molar-refractivity contribution in [3.8, 4) is 0 Å². The molecule has 1 aromatic heterocycles. The van der Waals surface area contributed by atoms with E-state index >= 15 is 0 Å². The van der Waals surface area contributed by atoms with E-state index in [1.807, 2.05) is 6.07 Å². The number of ketones is 1. The number of aromatic nitrogens is 1. The predicted molar refractivity (Wildman–Crippen MR) is 63.8 cm³/mol. The number of H-pyrrole nitrogens is 1. The fraction of sp³-hybridized carbons (Fsp3) is 0. The molecular weight excluding hydrogens is 270 g/mol. The van der Waals surface area contributed by atoms with E-state index in [-0.39, 0.29) is 5.78 Å². The van der Waals surface area contributed by atoms with Crippen LogP contribution in [-0.2, 0) is 0 Å². The topological polar surface area (TPSA) is 49.9 Å². The van der Waals surface area contributed by atoms with E-state index in [1.54, 1.807) is 18.2 Å². The van der Waals surface area contributed by atoms with Gasteiger partial charge in [0.05, 0.1) is 5.69 Å². The highest BCUT2D eigenvalue weighted by Crippen LogP contribution is 2.15. The molecule has 0 radical (unpaired) electrons. The van der Waals surface area contributed by atoms with Gasteiger partial charge in [-0.15, -0.1) is 0 Å². The van der Waals surface area contributed by atoms with Crippen molar-refractivity contribution in [3.05, 3.63) is 57.8 Å². The maximum absolute atomic E-state index is 12.0. The molecule has 0 atom stereocenters. The molecule has 1 heterocycles. The Hall–Kier alpha value is -1.68. The Morgan fingerprint density at radius 1 is 1.25 bits per heavy atom. The smallest absolute Gasteiger partial charge is 0.194 e. The summed E-state index contributed by atoms with van der Waals surface area (Å²) in [5.41, 5.74) is 1.48. The first-order valence-electron chi connectivity index (χ1n) is 4.64. The molecule has 0 aliphatic carbocycles. The third kappa shape index (κ3) is 2.12. The molecule has 1 aromatic carbocycles. The zero-order chi connectivity index (χ0) is 11.5. The molecule has 2 rings (SSSR count). The van der Waals surface area contributed by atoms with E-state index in [0.29, 0.717) is 23.1 Å². The van der Waals surface area contributed by atoms with Gasteiger partial charge in [-0.05, 0) is 18.2 Å². The Balaban J connectivity index is 2.35. The minimum absolute atomic E-state index is 0.106. The highest BCUT2D eigenvalue weighted by Gasteiger charge is 2.10. The quantitative estimate of drug-likeness (QED) is 0.693. The van der Waals surface area contributed by atoms with Gasteiger partial charge in [0.2, 0.25) is 0 Å². The lowest BCUT2D eigenvalue weighted by Gasteiger charge is -1.98. The fourth-order valence-electron chi connectivity index (χ4n) is 1.41. The number of hydrogen-bond donors (Lipinski definition) is 1. The van der Waals surface area contributed by atoms with Gasteiger partial charge in [0, 0.05) is 21.8 Å². The van der Waals surface area contributed by atoms with Gasteiger partial charge in [-0.1, -0.05) is 28.1 Å². The first-order chi connectivity index (χ1) is 7.70. The van der Waals surface area contributed by atoms with Gasteiger partial charge in [-0.25, -0.2) is 0 Å². The second-order valence-corrected chi connectivity index (χ2v) is 4.22. The summed E-state index contributed by atoms with van der Waals surface area (Å²) in [5.74, 6) is -0.106. The first kappa shape index (κ1) is 10.8. The van der Waals surface area contributed by atoms with Crippen LogP contribution in [0.3, 0.4) is 0 Å². The van der Waals surface area contributed by atoms with Crippen LogP contribution in [-0.4, -0.2) is 17.1 Å². The minimum Gasteiger partial charge on any atom is -0.358 e. The molecule has 0 unspecified atom stereocenters. The second-order valence-electron chi connectivity index (χ2n) is 3.30. The molecule has 16 heavy (non-hydrogen) atoms. The maximum Gasteiger partial charge on any atom is 0.194 e. The molecule has 0 amide bonds. The molecule has 80 valence electrons. The van der Waals surface area contributed by atoms with Crippen molar-refractivity contribution in [1.29, 1.82) is 0 Å². The molecule has 2 aromatic rings. The highest BCUT2D eigenvalue weighted by molar-refractivity contribution is 9.10. The van der Waals surface area contributed by atoms with E-state index in [2.05, 4.69) is 20.9 Å². The van der Waals surface area contributed by atoms with E-state index in [9.17, 15) is 9.59 Å². The normalized spacial score (nSPS) is 10.1. The van der Waals surface area contributed by atoms with Crippen molar-refractivity contribution in [1.82, 2.24) is 4.98 Å². The number of nitrogens with one attached hydrogen (secondary N) is 1. The van der Waals surface area contributed by atoms with Crippen molar-refractivity contribution < 1.29 is 9.59 Å². The lowest BCUT2D eigenvalue weighted by atomic mass is 10.1. The number of carbonyl (C=O) groups excluding carboxylic acids is 2. The van der Waals surface area contributed by atoms with Crippen LogP contribution in [0.25, 0.3) is 0 Å². The molecule has 0 fully saturated rings. The molecule has 1 N–H and O–H groups in total. The largest absolute Gasteiger partial charge is 0.358 e. The Labute approximate surface area is 101 Å². The fourth-order valence-corrected chi connectivity index (χ4v) is 1.81. The third-order valence-electron chi connectivity index (χ3n) is 2.18. The Bertz CT molecular complexity index is 545. The van der Waals surface area contributed by atoms with Crippen LogP contribution in [0, 0.1) is 0 Å². The van der Waals surface area contributed by atoms with Crippen LogP contribution in [0.5, 0.6) is 0 Å². The summed E-state index contributed by atoms with van der Waals surface area (Å²) >= 11 is 3.31. The van der Waals surface area contributed by atoms with Crippen LogP contribution in [0.15, 0.2) is 41.0 Å². The van der Waals surface area contributed by atoms with E-state index in [1.165, 1.54) is 12.3 Å². The predicted octanol–water partition coefficient (Wildman–Crippen LogP) is 2.82. The zero-order valence-corrected chi connectivity index (χ0v) is 9.82. The summed E-state index contributed by atoms with van der Waals surface area (Å²) in [5, 5.41) is 0. The monoisotopic (exact) mass is 277 g/mol. The van der Waals surface area contributed by atoms with Gasteiger partial charge in [-0.3, -0.25) is 9.59 Å². The van der Waals surface area contributed by atoms with Crippen LogP contribution >= 0.6 is 15.9 Å². The van der Waals surface area contributed by atoms with Gasteiger partial charge >= 0.3 is 0 Å². The van der Waals surface area contributed by atoms with E-state index < -0.39 is 0 Å². The summed E-state index contributed by atoms with van der Waals surface area (Å²) in [4.78, 5) is 25.2. The first-order valence-corrected chi connectivity index (χ1v) is 5.44. The van der Waals surface area contributed by atoms with Gasteiger partial charge in [-0.2, -0.15) is 0 Å². The third-order valence-corrected chi connectivity index (χ3v) is 2.67. The van der Waals surface area contributed by atoms with E-state index in [4.69, 9.17) is 0 Å². The molecule has 0 aliphatic rings. The van der Waals surface area contributed by atoms with Crippen LogP contribution in [0.4, 0.5) is 0 Å². The highest BCUT2D eigenvalue weighted by atomic mass is 79.9. The average molecular weight is 278 g/mol. The van der Waals surface area contributed by atoms with Crippen molar-refractivity contribution in [3.63, 3.8) is 0 Å². The van der Waals surface area contributed by atoms with Gasteiger partial charge in [0.15, 0.2) is 12.1 Å². The summed E-state index contributed by atoms with van der Waals surface area (Å²) in [6.45, 7) is 0. The SMILES string of the molecule is O=Cc1cc(C(=O)c2cccc(Br)c2)c[nH]1. The van der Waals surface area contributed by atoms with Crippen LogP contribution in [0.1, 0.15) is 26.4 Å². The number of carbonyl (C=O) groups is 2. The summed E-state index contributed by atoms with van der Waals surface area (Å²) in [6.07, 6.45) is 2.21. The van der Waals surface area contributed by atoms with Gasteiger partial charge in [0.25, 0.3) is 0 Å². The lowest BCUT2D eigenvalue weighted by molar-refractivity contribution is 0.103. The number of rotatable bonds is 3. The number of aldehydes is 1. The molecule has 0 saturated heterocycles. The summed E-state index contributed by atoms with van der Waals surface area (Å²) in [7, 11) is 0. The van der Waals surface area contributed by atoms with Crippen molar-refractivity contribution in [2.45, 2.75) is 0 Å². The second kappa shape index (κ2) is 4.45. The Kier molecular flexibility index (Phi) is 3.01. The summed E-state index contributed by atoms with van der Waals surface area (Å²) < 4.78 is 0.851. The molecule has 0 spiro atoms. The van der Waals surface area contributed by atoms with Crippen molar-refractivity contribution in [2.24, 2.45) is 0 Å². The van der Waals surface area contributed by atoms with Crippen molar-refractivity contribution in [2.75, 3.05) is 0 Å². The Morgan fingerprint density at radius 2 is 2.06 bits per heavy atom. The summed E-state index contributed by atoms with van der Waals surface area (Å²) in [6, 6.07) is 8.67. The maximum atomic E-state index is 12.0. The molecule has 0 aliphatic heterocycles. The molecule has 0 bridgehead atoms. The standard InChI is InChI=1S/C12H8BrNO2/c13-10-3-1-2-8(4-10)12(16)9-5-11(7-15)14-6-9/h1-7,14H. The number of aromatic amines is 1. The van der Waals surface area contributed by atoms with E-state index in [0.717, 1.165) is 4.47 Å². The van der Waals surface area contributed by atoms with Gasteiger partial charge in [0.1, 0.15) is 0 Å². The molecule has 0 saturated carbocycles. The van der Waals surface area contributed by atoms with Crippen LogP contribution in [0.2, 0.25) is 0 Å². The number of hydrogen-bond acceptors (Lipinski definition) is 2. The molecule has 4 heteroatoms. The molecule has 3 nitrogen and oxygen atoms in total. The number of benzene rings is 1. The number of halogens is 1.